The van der Waals surface area contributed by atoms with E-state index in [1.165, 1.54) is 35.6 Å². The van der Waals surface area contributed by atoms with E-state index in [4.69, 9.17) is 18.0 Å². The predicted molar refractivity (Wildman–Crippen MR) is 125 cm³/mol. The Kier molecular flexibility index (Phi) is 6.42. The first kappa shape index (κ1) is 22.8. The molecule has 0 bridgehead atoms. The molecule has 0 aliphatic heterocycles. The van der Waals surface area contributed by atoms with Crippen LogP contribution in [-0.4, -0.2) is 21.9 Å². The third kappa shape index (κ3) is 5.08. The first-order valence-electron chi connectivity index (χ1n) is 9.78. The number of nitro benzene ring substituents is 1. The normalized spacial score (nSPS) is 15.6. The monoisotopic (exact) mass is 460 g/mol. The van der Waals surface area contributed by atoms with Crippen LogP contribution in [0.5, 0.6) is 0 Å². The summed E-state index contributed by atoms with van der Waals surface area (Å²) < 4.78 is 0. The third-order valence-electron chi connectivity index (χ3n) is 5.51. The molecular formula is C21H24N4O4S2. The van der Waals surface area contributed by atoms with Crippen LogP contribution >= 0.6 is 23.6 Å². The molecule has 1 heterocycles. The van der Waals surface area contributed by atoms with Gasteiger partial charge < -0.3 is 11.1 Å². The van der Waals surface area contributed by atoms with Crippen molar-refractivity contribution >= 4 is 51.2 Å². The van der Waals surface area contributed by atoms with Gasteiger partial charge in [-0.3, -0.25) is 25.0 Å². The van der Waals surface area contributed by atoms with Crippen molar-refractivity contribution in [2.45, 2.75) is 40.0 Å². The molecule has 0 saturated carbocycles. The number of nitrogens with two attached hydrogens (primary N) is 1. The van der Waals surface area contributed by atoms with Gasteiger partial charge in [-0.25, -0.2) is 0 Å². The van der Waals surface area contributed by atoms with Gasteiger partial charge in [0.2, 0.25) is 0 Å². The fourth-order valence-electron chi connectivity index (χ4n) is 3.74. The molecule has 0 spiro atoms. The standard InChI is InChI=1S/C21H24N4O4S2/c1-21(2,3)12-7-8-14-15(10-12)31-19(16(14)17(22)26)24-20(30)23-18(27)11-5-4-6-13(9-11)25(28)29/h4-6,9,12H,7-8,10H2,1-3H3,(H2,22,26)(H2,23,24,27,30). The highest BCUT2D eigenvalue weighted by molar-refractivity contribution is 7.80. The molecule has 0 radical (unpaired) electrons. The summed E-state index contributed by atoms with van der Waals surface area (Å²) in [7, 11) is 0. The second-order valence-corrected chi connectivity index (χ2v) is 10.1. The van der Waals surface area contributed by atoms with E-state index in [9.17, 15) is 19.7 Å². The number of carbonyl (C=O) groups excluding carboxylic acids is 2. The molecule has 164 valence electrons. The molecule has 10 heteroatoms. The van der Waals surface area contributed by atoms with Crippen LogP contribution in [-0.2, 0) is 12.8 Å². The predicted octanol–water partition coefficient (Wildman–Crippen LogP) is 4.03. The molecule has 8 nitrogen and oxygen atoms in total. The number of benzene rings is 1. The molecule has 1 unspecified atom stereocenters. The van der Waals surface area contributed by atoms with Crippen LogP contribution < -0.4 is 16.4 Å². The van der Waals surface area contributed by atoms with Gasteiger partial charge in [-0.2, -0.15) is 0 Å². The van der Waals surface area contributed by atoms with E-state index in [0.717, 1.165) is 29.7 Å². The summed E-state index contributed by atoms with van der Waals surface area (Å²) in [5, 5.41) is 16.8. The number of thiocarbonyl (C=S) groups is 1. The molecule has 0 fully saturated rings. The molecule has 2 aromatic rings. The fourth-order valence-corrected chi connectivity index (χ4v) is 5.34. The lowest BCUT2D eigenvalue weighted by atomic mass is 9.72. The number of nitrogens with one attached hydrogen (secondary N) is 2. The fraction of sp³-hybridized carbons (Fsp3) is 0.381. The molecule has 31 heavy (non-hydrogen) atoms. The van der Waals surface area contributed by atoms with E-state index in [1.54, 1.807) is 0 Å². The minimum Gasteiger partial charge on any atom is -0.365 e. The molecule has 3 rings (SSSR count). The number of nitrogens with zero attached hydrogens (tertiary/aromatic N) is 1. The number of amides is 2. The zero-order chi connectivity index (χ0) is 22.9. The summed E-state index contributed by atoms with van der Waals surface area (Å²) in [5.74, 6) is -0.634. The summed E-state index contributed by atoms with van der Waals surface area (Å²) >= 11 is 6.67. The van der Waals surface area contributed by atoms with Crippen molar-refractivity contribution in [3.05, 3.63) is 55.9 Å². The topological polar surface area (TPSA) is 127 Å². The lowest BCUT2D eigenvalue weighted by Crippen LogP contribution is -2.34. The molecule has 1 aliphatic rings. The largest absolute Gasteiger partial charge is 0.365 e. The Morgan fingerprint density at radius 3 is 2.65 bits per heavy atom. The van der Waals surface area contributed by atoms with E-state index >= 15 is 0 Å². The van der Waals surface area contributed by atoms with Gasteiger partial charge in [0.05, 0.1) is 10.5 Å². The molecule has 1 aliphatic carbocycles. The van der Waals surface area contributed by atoms with Crippen LogP contribution in [0.2, 0.25) is 0 Å². The van der Waals surface area contributed by atoms with Gasteiger partial charge in [-0.05, 0) is 54.4 Å². The number of non-ortho nitro benzene ring substituents is 1. The summed E-state index contributed by atoms with van der Waals surface area (Å²) in [6.07, 6.45) is 2.60. The first-order valence-corrected chi connectivity index (χ1v) is 11.0. The van der Waals surface area contributed by atoms with Gasteiger partial charge in [-0.1, -0.05) is 26.8 Å². The smallest absolute Gasteiger partial charge is 0.270 e. The quantitative estimate of drug-likeness (QED) is 0.359. The Hall–Kier alpha value is -2.85. The molecule has 0 saturated heterocycles. The van der Waals surface area contributed by atoms with Crippen molar-refractivity contribution < 1.29 is 14.5 Å². The Balaban J connectivity index is 1.78. The van der Waals surface area contributed by atoms with Gasteiger partial charge >= 0.3 is 0 Å². The maximum Gasteiger partial charge on any atom is 0.270 e. The number of hydrogen-bond acceptors (Lipinski definition) is 6. The maximum absolute atomic E-state index is 12.4. The van der Waals surface area contributed by atoms with Crippen molar-refractivity contribution in [3.8, 4) is 0 Å². The van der Waals surface area contributed by atoms with Gasteiger partial charge in [0.15, 0.2) is 5.11 Å². The Bertz CT molecular complexity index is 1070. The van der Waals surface area contributed by atoms with Gasteiger partial charge in [0, 0.05) is 22.6 Å². The van der Waals surface area contributed by atoms with Crippen LogP contribution in [0.4, 0.5) is 10.7 Å². The van der Waals surface area contributed by atoms with Crippen molar-refractivity contribution in [1.29, 1.82) is 0 Å². The zero-order valence-electron chi connectivity index (χ0n) is 17.5. The second-order valence-electron chi connectivity index (χ2n) is 8.59. The lowest BCUT2D eigenvalue weighted by molar-refractivity contribution is -0.384. The van der Waals surface area contributed by atoms with Gasteiger partial charge in [0.1, 0.15) is 5.00 Å². The van der Waals surface area contributed by atoms with E-state index in [1.807, 2.05) is 0 Å². The Labute approximate surface area is 189 Å². The molecule has 1 aromatic carbocycles. The van der Waals surface area contributed by atoms with E-state index < -0.39 is 16.7 Å². The molecule has 1 atom stereocenters. The van der Waals surface area contributed by atoms with Crippen LogP contribution in [0.25, 0.3) is 0 Å². The van der Waals surface area contributed by atoms with Crippen molar-refractivity contribution in [2.75, 3.05) is 5.32 Å². The van der Waals surface area contributed by atoms with Gasteiger partial charge in [0.25, 0.3) is 17.5 Å². The number of carbonyl (C=O) groups is 2. The average molecular weight is 461 g/mol. The highest BCUT2D eigenvalue weighted by Gasteiger charge is 2.33. The summed E-state index contributed by atoms with van der Waals surface area (Å²) in [5.41, 5.74) is 7.09. The van der Waals surface area contributed by atoms with E-state index in [2.05, 4.69) is 31.4 Å². The number of primary amides is 1. The molecular weight excluding hydrogens is 436 g/mol. The van der Waals surface area contributed by atoms with Crippen molar-refractivity contribution in [2.24, 2.45) is 17.1 Å². The maximum atomic E-state index is 12.4. The average Bonchev–Trinajstić information content (AvgIpc) is 3.04. The third-order valence-corrected chi connectivity index (χ3v) is 6.88. The summed E-state index contributed by atoms with van der Waals surface area (Å²) in [6, 6.07) is 5.35. The number of rotatable bonds is 4. The highest BCUT2D eigenvalue weighted by atomic mass is 32.1. The summed E-state index contributed by atoms with van der Waals surface area (Å²) in [6.45, 7) is 6.63. The zero-order valence-corrected chi connectivity index (χ0v) is 19.1. The summed E-state index contributed by atoms with van der Waals surface area (Å²) in [4.78, 5) is 36.0. The number of anilines is 1. The Morgan fingerprint density at radius 2 is 2.03 bits per heavy atom. The highest BCUT2D eigenvalue weighted by Crippen LogP contribution is 2.44. The van der Waals surface area contributed by atoms with E-state index in [0.29, 0.717) is 16.5 Å². The SMILES string of the molecule is CC(C)(C)C1CCc2c(sc(NC(=S)NC(=O)c3cccc([N+](=O)[O-])c3)c2C(N)=O)C1. The van der Waals surface area contributed by atoms with Gasteiger partial charge in [-0.15, -0.1) is 11.3 Å². The van der Waals surface area contributed by atoms with Crippen LogP contribution in [0.1, 0.15) is 58.3 Å². The molecule has 4 N–H and O–H groups in total. The number of hydrogen-bond donors (Lipinski definition) is 3. The second kappa shape index (κ2) is 8.72. The lowest BCUT2D eigenvalue weighted by Gasteiger charge is -2.33. The minimum absolute atomic E-state index is 0.00928. The number of thiophene rings is 1. The van der Waals surface area contributed by atoms with Crippen LogP contribution in [0, 0.1) is 21.4 Å². The first-order chi connectivity index (χ1) is 14.5. The minimum atomic E-state index is -0.587. The van der Waals surface area contributed by atoms with Crippen LogP contribution in [0.15, 0.2) is 24.3 Å². The van der Waals surface area contributed by atoms with Crippen LogP contribution in [0.3, 0.4) is 0 Å². The van der Waals surface area contributed by atoms with Crippen molar-refractivity contribution in [3.63, 3.8) is 0 Å². The number of nitro groups is 1. The number of fused-ring (bicyclic) bond motifs is 1. The van der Waals surface area contributed by atoms with Crippen molar-refractivity contribution in [1.82, 2.24) is 5.32 Å². The van der Waals surface area contributed by atoms with E-state index in [-0.39, 0.29) is 21.8 Å². The molecule has 1 aromatic heterocycles. The Morgan fingerprint density at radius 1 is 1.32 bits per heavy atom. The molecule has 2 amide bonds.